The molecule has 2 aliphatic heterocycles. The maximum Gasteiger partial charge on any atom is 0.219 e. The number of pyridine rings is 1. The van der Waals surface area contributed by atoms with Crippen LogP contribution in [0.15, 0.2) is 18.3 Å². The highest BCUT2D eigenvalue weighted by molar-refractivity contribution is 5.74. The molecule has 0 N–H and O–H groups in total. The largest absolute Gasteiger partial charge is 0.356 e. The molecule has 2 fully saturated rings. The van der Waals surface area contributed by atoms with Gasteiger partial charge in [0.2, 0.25) is 5.91 Å². The van der Waals surface area contributed by atoms with E-state index < -0.39 is 0 Å². The van der Waals surface area contributed by atoms with Crippen molar-refractivity contribution in [2.75, 3.05) is 24.5 Å². The predicted octanol–water partition coefficient (Wildman–Crippen LogP) is 3.15. The van der Waals surface area contributed by atoms with Gasteiger partial charge in [0.15, 0.2) is 0 Å². The number of carbonyl (C=O) groups is 1. The molecule has 1 atom stereocenters. The van der Waals surface area contributed by atoms with Crippen LogP contribution in [-0.4, -0.2) is 35.4 Å². The average molecular weight is 287 g/mol. The van der Waals surface area contributed by atoms with E-state index in [-0.39, 0.29) is 11.9 Å². The molecule has 0 aliphatic carbocycles. The van der Waals surface area contributed by atoms with Crippen molar-refractivity contribution in [3.63, 3.8) is 0 Å². The van der Waals surface area contributed by atoms with Gasteiger partial charge in [0.1, 0.15) is 5.82 Å². The molecule has 2 aliphatic rings. The molecular weight excluding hydrogens is 262 g/mol. The summed E-state index contributed by atoms with van der Waals surface area (Å²) in [6.45, 7) is 4.76. The molecule has 3 heterocycles. The van der Waals surface area contributed by atoms with Crippen LogP contribution in [0.1, 0.15) is 57.1 Å². The molecule has 1 aromatic rings. The SMILES string of the molecule is CC(=O)N1CCCC[C@H]1c1cccnc1N1CCCCC1. The third-order valence-corrected chi connectivity index (χ3v) is 4.74. The van der Waals surface area contributed by atoms with Gasteiger partial charge in [-0.15, -0.1) is 0 Å². The first-order valence-electron chi connectivity index (χ1n) is 8.24. The van der Waals surface area contributed by atoms with Crippen LogP contribution in [0.25, 0.3) is 0 Å². The van der Waals surface area contributed by atoms with Crippen molar-refractivity contribution in [2.24, 2.45) is 0 Å². The fourth-order valence-corrected chi connectivity index (χ4v) is 3.67. The highest BCUT2D eigenvalue weighted by Gasteiger charge is 2.29. The molecule has 21 heavy (non-hydrogen) atoms. The van der Waals surface area contributed by atoms with Crippen molar-refractivity contribution in [3.8, 4) is 0 Å². The van der Waals surface area contributed by atoms with Gasteiger partial charge in [0.05, 0.1) is 6.04 Å². The van der Waals surface area contributed by atoms with Crippen molar-refractivity contribution in [3.05, 3.63) is 23.9 Å². The second-order valence-electron chi connectivity index (χ2n) is 6.19. The molecule has 1 aromatic heterocycles. The minimum atomic E-state index is 0.188. The summed E-state index contributed by atoms with van der Waals surface area (Å²) in [5, 5.41) is 0. The van der Waals surface area contributed by atoms with Gasteiger partial charge < -0.3 is 9.80 Å². The van der Waals surface area contributed by atoms with E-state index in [1.54, 1.807) is 6.92 Å². The lowest BCUT2D eigenvalue weighted by atomic mass is 9.95. The van der Waals surface area contributed by atoms with Crippen LogP contribution in [0, 0.1) is 0 Å². The van der Waals surface area contributed by atoms with E-state index in [2.05, 4.69) is 16.0 Å². The Morgan fingerprint density at radius 1 is 1.14 bits per heavy atom. The van der Waals surface area contributed by atoms with Gasteiger partial charge in [0, 0.05) is 38.3 Å². The second-order valence-corrected chi connectivity index (χ2v) is 6.19. The summed E-state index contributed by atoms with van der Waals surface area (Å²) in [5.41, 5.74) is 1.24. The predicted molar refractivity (Wildman–Crippen MR) is 84.3 cm³/mol. The Hall–Kier alpha value is -1.58. The van der Waals surface area contributed by atoms with Gasteiger partial charge in [-0.05, 0) is 44.6 Å². The number of aromatic nitrogens is 1. The Balaban J connectivity index is 1.91. The van der Waals surface area contributed by atoms with E-state index in [4.69, 9.17) is 0 Å². The quantitative estimate of drug-likeness (QED) is 0.838. The summed E-state index contributed by atoms with van der Waals surface area (Å²) >= 11 is 0. The number of hydrogen-bond acceptors (Lipinski definition) is 3. The fraction of sp³-hybridized carbons (Fsp3) is 0.647. The summed E-state index contributed by atoms with van der Waals surface area (Å²) in [4.78, 5) is 21.1. The van der Waals surface area contributed by atoms with E-state index >= 15 is 0 Å². The number of rotatable bonds is 2. The molecule has 0 unspecified atom stereocenters. The molecule has 4 nitrogen and oxygen atoms in total. The van der Waals surface area contributed by atoms with E-state index in [0.717, 1.165) is 38.3 Å². The number of nitrogens with zero attached hydrogens (tertiary/aromatic N) is 3. The normalized spacial score (nSPS) is 23.2. The number of carbonyl (C=O) groups excluding carboxylic acids is 1. The molecule has 114 valence electrons. The third-order valence-electron chi connectivity index (χ3n) is 4.74. The standard InChI is InChI=1S/C17H25N3O/c1-14(21)20-13-6-3-9-16(20)15-8-7-10-18-17(15)19-11-4-2-5-12-19/h7-8,10,16H,2-6,9,11-13H2,1H3/t16-/m0/s1. The molecule has 0 radical (unpaired) electrons. The molecule has 1 amide bonds. The molecule has 0 bridgehead atoms. The van der Waals surface area contributed by atoms with Crippen molar-refractivity contribution in [1.29, 1.82) is 0 Å². The smallest absolute Gasteiger partial charge is 0.219 e. The number of piperidine rings is 2. The van der Waals surface area contributed by atoms with Gasteiger partial charge >= 0.3 is 0 Å². The second kappa shape index (κ2) is 6.46. The van der Waals surface area contributed by atoms with Crippen molar-refractivity contribution < 1.29 is 4.79 Å². The minimum Gasteiger partial charge on any atom is -0.356 e. The zero-order valence-electron chi connectivity index (χ0n) is 12.9. The molecule has 0 aromatic carbocycles. The first-order valence-corrected chi connectivity index (χ1v) is 8.24. The number of anilines is 1. The average Bonchev–Trinajstić information content (AvgIpc) is 2.55. The molecule has 0 saturated carbocycles. The Labute approximate surface area is 127 Å². The minimum absolute atomic E-state index is 0.188. The summed E-state index contributed by atoms with van der Waals surface area (Å²) in [6.07, 6.45) is 9.08. The highest BCUT2D eigenvalue weighted by atomic mass is 16.2. The first kappa shape index (κ1) is 14.4. The Morgan fingerprint density at radius 3 is 2.67 bits per heavy atom. The maximum absolute atomic E-state index is 12.0. The summed E-state index contributed by atoms with van der Waals surface area (Å²) in [7, 11) is 0. The van der Waals surface area contributed by atoms with E-state index in [1.165, 1.54) is 31.2 Å². The van der Waals surface area contributed by atoms with Crippen LogP contribution in [-0.2, 0) is 4.79 Å². The van der Waals surface area contributed by atoms with E-state index in [9.17, 15) is 4.79 Å². The van der Waals surface area contributed by atoms with Crippen LogP contribution in [0.3, 0.4) is 0 Å². The van der Waals surface area contributed by atoms with E-state index in [1.807, 2.05) is 17.2 Å². The monoisotopic (exact) mass is 287 g/mol. The summed E-state index contributed by atoms with van der Waals surface area (Å²) in [6, 6.07) is 4.39. The van der Waals surface area contributed by atoms with Gasteiger partial charge in [-0.25, -0.2) is 4.98 Å². The van der Waals surface area contributed by atoms with Crippen LogP contribution in [0.5, 0.6) is 0 Å². The Bertz CT molecular complexity index is 497. The lowest BCUT2D eigenvalue weighted by Gasteiger charge is -2.38. The molecule has 0 spiro atoms. The van der Waals surface area contributed by atoms with Crippen molar-refractivity contribution in [1.82, 2.24) is 9.88 Å². The number of likely N-dealkylation sites (tertiary alicyclic amines) is 1. The zero-order valence-corrected chi connectivity index (χ0v) is 12.9. The number of hydrogen-bond donors (Lipinski definition) is 0. The molecule has 2 saturated heterocycles. The highest BCUT2D eigenvalue weighted by Crippen LogP contribution is 2.36. The van der Waals surface area contributed by atoms with Crippen LogP contribution in [0.2, 0.25) is 0 Å². The van der Waals surface area contributed by atoms with Crippen molar-refractivity contribution in [2.45, 2.75) is 51.5 Å². The zero-order chi connectivity index (χ0) is 14.7. The van der Waals surface area contributed by atoms with E-state index in [0.29, 0.717) is 0 Å². The fourth-order valence-electron chi connectivity index (χ4n) is 3.67. The number of amides is 1. The first-order chi connectivity index (χ1) is 10.3. The topological polar surface area (TPSA) is 36.4 Å². The molecular formula is C17H25N3O. The maximum atomic E-state index is 12.0. The molecule has 3 rings (SSSR count). The summed E-state index contributed by atoms with van der Waals surface area (Å²) < 4.78 is 0. The van der Waals surface area contributed by atoms with Crippen LogP contribution in [0.4, 0.5) is 5.82 Å². The van der Waals surface area contributed by atoms with Gasteiger partial charge in [-0.2, -0.15) is 0 Å². The van der Waals surface area contributed by atoms with Crippen LogP contribution >= 0.6 is 0 Å². The molecule has 4 heteroatoms. The lowest BCUT2D eigenvalue weighted by molar-refractivity contribution is -0.132. The van der Waals surface area contributed by atoms with Gasteiger partial charge in [-0.3, -0.25) is 4.79 Å². The Kier molecular flexibility index (Phi) is 4.42. The Morgan fingerprint density at radius 2 is 1.90 bits per heavy atom. The van der Waals surface area contributed by atoms with Crippen molar-refractivity contribution >= 4 is 11.7 Å². The van der Waals surface area contributed by atoms with Gasteiger partial charge in [0.25, 0.3) is 0 Å². The van der Waals surface area contributed by atoms with Crippen LogP contribution < -0.4 is 4.90 Å². The third kappa shape index (κ3) is 3.04. The lowest BCUT2D eigenvalue weighted by Crippen LogP contribution is -2.38. The summed E-state index contributed by atoms with van der Waals surface area (Å²) in [5.74, 6) is 1.29. The van der Waals surface area contributed by atoms with Gasteiger partial charge in [-0.1, -0.05) is 6.07 Å².